The Kier molecular flexibility index (Phi) is 8.90. The smallest absolute Gasteiger partial charge is 0.328 e. The van der Waals surface area contributed by atoms with Crippen molar-refractivity contribution in [2.75, 3.05) is 7.11 Å². The Morgan fingerprint density at radius 2 is 1.76 bits per heavy atom. The predicted octanol–water partition coefficient (Wildman–Crippen LogP) is 4.26. The third-order valence-corrected chi connectivity index (χ3v) is 12.5. The van der Waals surface area contributed by atoms with Crippen molar-refractivity contribution in [2.45, 2.75) is 109 Å². The van der Waals surface area contributed by atoms with Gasteiger partial charge in [0.2, 0.25) is 5.91 Å². The number of hydrogen-bond acceptors (Lipinski definition) is 6. The number of aliphatic hydroxyl groups excluding tert-OH is 3. The van der Waals surface area contributed by atoms with Gasteiger partial charge in [-0.3, -0.25) is 4.79 Å². The molecule has 4 saturated carbocycles. The summed E-state index contributed by atoms with van der Waals surface area (Å²) in [5, 5.41) is 36.5. The highest BCUT2D eigenvalue weighted by Crippen LogP contribution is 2.68. The summed E-state index contributed by atoms with van der Waals surface area (Å²) in [6, 6.07) is 8.88. The van der Waals surface area contributed by atoms with E-state index in [0.717, 1.165) is 44.1 Å². The van der Waals surface area contributed by atoms with Gasteiger partial charge < -0.3 is 25.4 Å². The summed E-state index contributed by atoms with van der Waals surface area (Å²) < 4.78 is 4.96. The van der Waals surface area contributed by atoms with Crippen LogP contribution in [0.1, 0.15) is 84.1 Å². The van der Waals surface area contributed by atoms with Gasteiger partial charge in [-0.05, 0) is 103 Å². The van der Waals surface area contributed by atoms with Crippen molar-refractivity contribution in [3.8, 4) is 0 Å². The largest absolute Gasteiger partial charge is 0.467 e. The SMILES string of the molecule is COC(=O)[C@H](Cc1ccccc1)NC(=O)CC[C@@H](C)[C@H]1CC[C@H]2[C@@H]3[C@H](O)C[C@@H]4C[C@H](O)CC[C@]4(C)[C@H]3C[C@H](O)[C@]12C. The second-order valence-electron chi connectivity index (χ2n) is 14.4. The molecule has 1 aromatic rings. The monoisotopic (exact) mass is 569 g/mol. The highest BCUT2D eigenvalue weighted by molar-refractivity contribution is 5.84. The van der Waals surface area contributed by atoms with Crippen LogP contribution in [0.3, 0.4) is 0 Å². The fourth-order valence-corrected chi connectivity index (χ4v) is 10.1. The van der Waals surface area contributed by atoms with Crippen molar-refractivity contribution in [1.82, 2.24) is 5.32 Å². The van der Waals surface area contributed by atoms with Crippen LogP contribution in [0.2, 0.25) is 0 Å². The van der Waals surface area contributed by atoms with Crippen LogP contribution < -0.4 is 5.32 Å². The number of rotatable bonds is 8. The number of hydrogen-bond donors (Lipinski definition) is 4. The molecule has 0 aromatic heterocycles. The highest BCUT2D eigenvalue weighted by atomic mass is 16.5. The van der Waals surface area contributed by atoms with E-state index in [9.17, 15) is 24.9 Å². The normalized spacial score (nSPS) is 41.3. The van der Waals surface area contributed by atoms with Gasteiger partial charge in [-0.15, -0.1) is 0 Å². The van der Waals surface area contributed by atoms with Crippen LogP contribution in [0.4, 0.5) is 0 Å². The molecule has 0 radical (unpaired) electrons. The summed E-state index contributed by atoms with van der Waals surface area (Å²) in [5.74, 6) is 0.903. The summed E-state index contributed by atoms with van der Waals surface area (Å²) in [4.78, 5) is 25.4. The molecule has 228 valence electrons. The molecule has 4 aliphatic rings. The topological polar surface area (TPSA) is 116 Å². The van der Waals surface area contributed by atoms with Crippen LogP contribution in [0, 0.1) is 46.3 Å². The second kappa shape index (κ2) is 12.0. The molecule has 4 N–H and O–H groups in total. The van der Waals surface area contributed by atoms with E-state index in [1.807, 2.05) is 30.3 Å². The fraction of sp³-hybridized carbons (Fsp3) is 0.765. The Balaban J connectivity index is 1.24. The van der Waals surface area contributed by atoms with Crippen LogP contribution in [0.15, 0.2) is 30.3 Å². The van der Waals surface area contributed by atoms with E-state index in [1.54, 1.807) is 0 Å². The molecule has 7 heteroatoms. The van der Waals surface area contributed by atoms with Gasteiger partial charge in [0, 0.05) is 12.8 Å². The molecular formula is C34H51NO6. The molecule has 4 fully saturated rings. The Morgan fingerprint density at radius 1 is 1.02 bits per heavy atom. The lowest BCUT2D eigenvalue weighted by molar-refractivity contribution is -0.207. The van der Waals surface area contributed by atoms with Crippen molar-refractivity contribution in [3.05, 3.63) is 35.9 Å². The lowest BCUT2D eigenvalue weighted by Crippen LogP contribution is -2.62. The third-order valence-electron chi connectivity index (χ3n) is 12.5. The Labute approximate surface area is 245 Å². The first-order valence-corrected chi connectivity index (χ1v) is 15.9. The minimum atomic E-state index is -0.727. The average Bonchev–Trinajstić information content (AvgIpc) is 3.31. The van der Waals surface area contributed by atoms with E-state index >= 15 is 0 Å². The van der Waals surface area contributed by atoms with Crippen molar-refractivity contribution >= 4 is 11.9 Å². The lowest BCUT2D eigenvalue weighted by atomic mass is 9.43. The van der Waals surface area contributed by atoms with E-state index in [0.29, 0.717) is 31.6 Å². The van der Waals surface area contributed by atoms with Gasteiger partial charge in [-0.2, -0.15) is 0 Å². The molecule has 0 spiro atoms. The summed E-state index contributed by atoms with van der Waals surface area (Å²) in [7, 11) is 1.34. The van der Waals surface area contributed by atoms with E-state index in [2.05, 4.69) is 26.1 Å². The van der Waals surface area contributed by atoms with Gasteiger partial charge >= 0.3 is 5.97 Å². The molecule has 1 amide bonds. The van der Waals surface area contributed by atoms with Crippen LogP contribution in [-0.4, -0.2) is 58.7 Å². The number of carbonyl (C=O) groups is 2. The van der Waals surface area contributed by atoms with E-state index < -0.39 is 18.1 Å². The van der Waals surface area contributed by atoms with Gasteiger partial charge in [-0.1, -0.05) is 51.1 Å². The third kappa shape index (κ3) is 5.59. The lowest BCUT2D eigenvalue weighted by Gasteiger charge is -2.63. The maximum absolute atomic E-state index is 13.0. The van der Waals surface area contributed by atoms with Crippen molar-refractivity contribution < 1.29 is 29.6 Å². The van der Waals surface area contributed by atoms with Crippen LogP contribution in [0.5, 0.6) is 0 Å². The van der Waals surface area contributed by atoms with Crippen LogP contribution in [-0.2, 0) is 20.7 Å². The molecule has 0 unspecified atom stereocenters. The molecule has 5 rings (SSSR count). The number of methoxy groups -OCH3 is 1. The first-order chi connectivity index (χ1) is 19.5. The molecule has 41 heavy (non-hydrogen) atoms. The zero-order valence-corrected chi connectivity index (χ0v) is 25.3. The number of esters is 1. The van der Waals surface area contributed by atoms with Gasteiger partial charge in [0.05, 0.1) is 25.4 Å². The molecule has 12 atom stereocenters. The molecule has 0 bridgehead atoms. The summed E-state index contributed by atoms with van der Waals surface area (Å²) >= 11 is 0. The van der Waals surface area contributed by atoms with E-state index in [1.165, 1.54) is 7.11 Å². The van der Waals surface area contributed by atoms with Crippen molar-refractivity contribution in [3.63, 3.8) is 0 Å². The number of ether oxygens (including phenoxy) is 1. The van der Waals surface area contributed by atoms with Crippen molar-refractivity contribution in [1.29, 1.82) is 0 Å². The van der Waals surface area contributed by atoms with Gasteiger partial charge in [-0.25, -0.2) is 4.79 Å². The molecule has 0 saturated heterocycles. The zero-order chi connectivity index (χ0) is 29.5. The van der Waals surface area contributed by atoms with Crippen molar-refractivity contribution in [2.24, 2.45) is 46.3 Å². The Hall–Kier alpha value is -1.96. The molecule has 4 aliphatic carbocycles. The van der Waals surface area contributed by atoms with Crippen LogP contribution >= 0.6 is 0 Å². The van der Waals surface area contributed by atoms with E-state index in [4.69, 9.17) is 4.74 Å². The van der Waals surface area contributed by atoms with Gasteiger partial charge in [0.1, 0.15) is 6.04 Å². The quantitative estimate of drug-likeness (QED) is 0.348. The summed E-state index contributed by atoms with van der Waals surface area (Å²) in [6.45, 7) is 6.80. The van der Waals surface area contributed by atoms with Gasteiger partial charge in [0.15, 0.2) is 0 Å². The average molecular weight is 570 g/mol. The molecule has 0 heterocycles. The number of benzene rings is 1. The number of carbonyl (C=O) groups excluding carboxylic acids is 2. The first kappa shape index (κ1) is 30.5. The number of fused-ring (bicyclic) bond motifs is 5. The maximum atomic E-state index is 13.0. The number of aliphatic hydroxyl groups is 3. The Bertz CT molecular complexity index is 1080. The zero-order valence-electron chi connectivity index (χ0n) is 25.3. The maximum Gasteiger partial charge on any atom is 0.328 e. The summed E-state index contributed by atoms with van der Waals surface area (Å²) in [5.41, 5.74) is 0.723. The summed E-state index contributed by atoms with van der Waals surface area (Å²) in [6.07, 6.45) is 6.27. The second-order valence-corrected chi connectivity index (χ2v) is 14.4. The number of amides is 1. The molecule has 7 nitrogen and oxygen atoms in total. The highest BCUT2D eigenvalue weighted by Gasteiger charge is 2.65. The standard InChI is InChI=1S/C34H51NO6/c1-20(10-13-30(39)35-27(32(40)41-4)16-21-8-6-5-7-9-21)24-11-12-25-31-26(19-29(38)34(24,25)3)33(2)15-14-23(36)17-22(33)18-28(31)37/h5-9,20,22-29,31,36-38H,10-19H2,1-4H3,(H,35,39)/t20-,22+,23-,24-,25+,26+,27+,28-,29+,31+,33+,34-/m1/s1. The van der Waals surface area contributed by atoms with Gasteiger partial charge in [0.25, 0.3) is 0 Å². The molecular weight excluding hydrogens is 518 g/mol. The minimum absolute atomic E-state index is 0.0587. The minimum Gasteiger partial charge on any atom is -0.467 e. The number of nitrogens with one attached hydrogen (secondary N) is 1. The predicted molar refractivity (Wildman–Crippen MR) is 156 cm³/mol. The first-order valence-electron chi connectivity index (χ1n) is 15.9. The Morgan fingerprint density at radius 3 is 2.46 bits per heavy atom. The molecule has 1 aromatic carbocycles. The van der Waals surface area contributed by atoms with Crippen LogP contribution in [0.25, 0.3) is 0 Å². The fourth-order valence-electron chi connectivity index (χ4n) is 10.1. The molecule has 0 aliphatic heterocycles. The van der Waals surface area contributed by atoms with E-state index in [-0.39, 0.29) is 58.5 Å².